The molecule has 0 atom stereocenters. The molecule has 4 rings (SSSR count). The van der Waals surface area contributed by atoms with Crippen LogP contribution in [-0.2, 0) is 13.0 Å². The van der Waals surface area contributed by atoms with Crippen LogP contribution in [0.15, 0.2) is 48.8 Å². The summed E-state index contributed by atoms with van der Waals surface area (Å²) >= 11 is 0. The molecule has 0 aliphatic heterocycles. The normalized spacial score (nSPS) is 11.5. The van der Waals surface area contributed by atoms with E-state index in [4.69, 9.17) is 16.1 Å². The van der Waals surface area contributed by atoms with Gasteiger partial charge in [-0.3, -0.25) is 15.5 Å². The van der Waals surface area contributed by atoms with Gasteiger partial charge in [-0.05, 0) is 36.4 Å². The highest BCUT2D eigenvalue weighted by Crippen LogP contribution is 2.34. The first kappa shape index (κ1) is 20.0. The van der Waals surface area contributed by atoms with Crippen molar-refractivity contribution in [1.82, 2.24) is 24.5 Å². The van der Waals surface area contributed by atoms with E-state index in [-0.39, 0.29) is 22.3 Å². The molecule has 0 saturated heterocycles. The van der Waals surface area contributed by atoms with Gasteiger partial charge in [0.15, 0.2) is 5.84 Å². The van der Waals surface area contributed by atoms with Gasteiger partial charge in [0, 0.05) is 25.0 Å². The largest absolute Gasteiger partial charge is 0.334 e. The minimum Gasteiger partial charge on any atom is -0.283 e. The number of hydrogen-bond acceptors (Lipinski definition) is 6. The number of alkyl halides is 2. The van der Waals surface area contributed by atoms with E-state index in [0.717, 1.165) is 6.07 Å². The summed E-state index contributed by atoms with van der Waals surface area (Å²) in [5, 5.41) is 32.6. The zero-order valence-electron chi connectivity index (χ0n) is 15.9. The van der Waals surface area contributed by atoms with E-state index in [2.05, 4.69) is 15.2 Å². The molecule has 0 unspecified atom stereocenters. The number of pyridine rings is 1. The predicted molar refractivity (Wildman–Crippen MR) is 104 cm³/mol. The van der Waals surface area contributed by atoms with Crippen molar-refractivity contribution in [3.8, 4) is 17.3 Å². The van der Waals surface area contributed by atoms with Crippen LogP contribution in [0.2, 0.25) is 0 Å². The first-order valence-electron chi connectivity index (χ1n) is 8.83. The maximum absolute atomic E-state index is 15.2. The predicted octanol–water partition coefficient (Wildman–Crippen LogP) is 2.94. The Morgan fingerprint density at radius 2 is 1.90 bits per heavy atom. The minimum absolute atomic E-state index is 0.103. The van der Waals surface area contributed by atoms with E-state index in [1.165, 1.54) is 54.5 Å². The third-order valence-corrected chi connectivity index (χ3v) is 4.59. The van der Waals surface area contributed by atoms with E-state index >= 15 is 8.78 Å². The van der Waals surface area contributed by atoms with E-state index < -0.39 is 28.6 Å². The number of aryl methyl sites for hydroxylation is 1. The third kappa shape index (κ3) is 3.33. The molecule has 0 fully saturated rings. The molecule has 4 aromatic rings. The lowest BCUT2D eigenvalue weighted by Gasteiger charge is -2.20. The number of fused-ring (bicyclic) bond motifs is 1. The number of halogens is 3. The fourth-order valence-corrected chi connectivity index (χ4v) is 3.04. The second kappa shape index (κ2) is 7.17. The van der Waals surface area contributed by atoms with Crippen LogP contribution in [0.3, 0.4) is 0 Å². The van der Waals surface area contributed by atoms with Gasteiger partial charge in [0.05, 0.1) is 22.2 Å². The maximum atomic E-state index is 15.2. The van der Waals surface area contributed by atoms with Gasteiger partial charge in [-0.15, -0.1) is 0 Å². The molecule has 0 amide bonds. The number of nitriles is 1. The van der Waals surface area contributed by atoms with Crippen LogP contribution < -0.4 is 5.49 Å². The Kier molecular flexibility index (Phi) is 4.62. The minimum atomic E-state index is -4.08. The first-order valence-corrected chi connectivity index (χ1v) is 8.83. The van der Waals surface area contributed by atoms with Crippen molar-refractivity contribution in [2.45, 2.75) is 5.92 Å². The highest BCUT2D eigenvalue weighted by molar-refractivity contribution is 5.90. The van der Waals surface area contributed by atoms with Gasteiger partial charge in [0.2, 0.25) is 0 Å². The second-order valence-electron chi connectivity index (χ2n) is 6.65. The summed E-state index contributed by atoms with van der Waals surface area (Å²) in [5.41, 5.74) is -0.596. The monoisotopic (exact) mass is 422 g/mol. The van der Waals surface area contributed by atoms with Crippen LogP contribution >= 0.6 is 0 Å². The number of nitrogens with one attached hydrogen (secondary N) is 2. The van der Waals surface area contributed by atoms with Crippen LogP contribution in [0.25, 0.3) is 22.2 Å². The molecule has 0 saturated carbocycles. The molecule has 31 heavy (non-hydrogen) atoms. The number of rotatable bonds is 3. The van der Waals surface area contributed by atoms with Gasteiger partial charge in [0.25, 0.3) is 0 Å². The highest BCUT2D eigenvalue weighted by Gasteiger charge is 2.42. The summed E-state index contributed by atoms with van der Waals surface area (Å²) in [6.07, 6.45) is 2.60. The Morgan fingerprint density at radius 3 is 2.58 bits per heavy atom. The second-order valence-corrected chi connectivity index (χ2v) is 6.65. The number of benzene rings is 1. The zero-order valence-corrected chi connectivity index (χ0v) is 15.9. The highest BCUT2D eigenvalue weighted by atomic mass is 19.3. The lowest BCUT2D eigenvalue weighted by atomic mass is 10.0. The van der Waals surface area contributed by atoms with Gasteiger partial charge in [-0.25, -0.2) is 9.37 Å². The van der Waals surface area contributed by atoms with Crippen LogP contribution in [0.1, 0.15) is 11.3 Å². The Bertz CT molecular complexity index is 1430. The fraction of sp³-hybridized carbons (Fsp3) is 0.100. The molecule has 154 valence electrons. The molecule has 1 aromatic carbocycles. The zero-order chi connectivity index (χ0) is 22.3. The van der Waals surface area contributed by atoms with Gasteiger partial charge in [0.1, 0.15) is 23.1 Å². The molecule has 0 bridgehead atoms. The van der Waals surface area contributed by atoms with Crippen LogP contribution in [0.4, 0.5) is 13.2 Å². The average molecular weight is 422 g/mol. The smallest absolute Gasteiger partial charge is 0.283 e. The molecule has 11 heteroatoms. The summed E-state index contributed by atoms with van der Waals surface area (Å²) < 4.78 is 46.9. The first-order chi connectivity index (χ1) is 14.7. The molecule has 0 radical (unpaired) electrons. The molecular formula is C20H13F3N8. The molecule has 0 aliphatic rings. The third-order valence-electron chi connectivity index (χ3n) is 4.59. The standard InChI is InChI=1S/C20H13F3N8/c1-30-10-13-16(28-30)5-4-14(18(13)21)20(22,23)19(26)31-17(25)7-6-15(29-31)11-2-3-12(8-24)27-9-11/h2-7,9-10,25-26H,1H3. The van der Waals surface area contributed by atoms with Crippen molar-refractivity contribution in [2.24, 2.45) is 7.05 Å². The van der Waals surface area contributed by atoms with E-state index in [1.807, 2.05) is 6.07 Å². The lowest BCUT2D eigenvalue weighted by molar-refractivity contribution is 0.0657. The molecule has 2 N–H and O–H groups in total. The van der Waals surface area contributed by atoms with E-state index in [1.54, 1.807) is 0 Å². The molecule has 0 spiro atoms. The average Bonchev–Trinajstić information content (AvgIpc) is 3.15. The number of nitrogens with zero attached hydrogens (tertiary/aromatic N) is 6. The van der Waals surface area contributed by atoms with Crippen LogP contribution in [0, 0.1) is 28.0 Å². The van der Waals surface area contributed by atoms with Crippen molar-refractivity contribution in [3.63, 3.8) is 0 Å². The van der Waals surface area contributed by atoms with Crippen molar-refractivity contribution < 1.29 is 13.2 Å². The molecule has 0 aliphatic carbocycles. The van der Waals surface area contributed by atoms with Crippen LogP contribution in [-0.4, -0.2) is 30.4 Å². The molecular weight excluding hydrogens is 409 g/mol. The van der Waals surface area contributed by atoms with Crippen molar-refractivity contribution in [3.05, 3.63) is 71.4 Å². The Labute approximate surface area is 172 Å². The maximum Gasteiger partial charge on any atom is 0.334 e. The summed E-state index contributed by atoms with van der Waals surface area (Å²) in [6.45, 7) is 0. The van der Waals surface area contributed by atoms with Crippen molar-refractivity contribution in [1.29, 1.82) is 16.1 Å². The lowest BCUT2D eigenvalue weighted by Crippen LogP contribution is -2.40. The quantitative estimate of drug-likeness (QED) is 0.390. The number of aromatic nitrogens is 5. The van der Waals surface area contributed by atoms with Crippen LogP contribution in [0.5, 0.6) is 0 Å². The summed E-state index contributed by atoms with van der Waals surface area (Å²) in [7, 11) is 1.54. The molecule has 3 aromatic heterocycles. The van der Waals surface area contributed by atoms with Crippen molar-refractivity contribution in [2.75, 3.05) is 0 Å². The van der Waals surface area contributed by atoms with E-state index in [9.17, 15) is 4.39 Å². The summed E-state index contributed by atoms with van der Waals surface area (Å²) in [6, 6.07) is 9.50. The SMILES string of the molecule is Cn1cc2c(F)c(C(F)(F)C(=N)n3nc(-c4ccc(C#N)nc4)ccc3=N)ccc2n1. The Balaban J connectivity index is 1.79. The van der Waals surface area contributed by atoms with Crippen molar-refractivity contribution >= 4 is 16.7 Å². The Morgan fingerprint density at radius 1 is 1.13 bits per heavy atom. The Hall–Kier alpha value is -4.33. The summed E-state index contributed by atoms with van der Waals surface area (Å²) in [5.74, 6) is -6.66. The van der Waals surface area contributed by atoms with E-state index in [0.29, 0.717) is 10.2 Å². The van der Waals surface area contributed by atoms with Gasteiger partial charge >= 0.3 is 5.92 Å². The van der Waals surface area contributed by atoms with Gasteiger partial charge < -0.3 is 0 Å². The number of hydrogen-bond donors (Lipinski definition) is 2. The fourth-order valence-electron chi connectivity index (χ4n) is 3.04. The summed E-state index contributed by atoms with van der Waals surface area (Å²) in [4.78, 5) is 3.89. The van der Waals surface area contributed by atoms with Gasteiger partial charge in [-0.1, -0.05) is 0 Å². The van der Waals surface area contributed by atoms with Gasteiger partial charge in [-0.2, -0.15) is 28.9 Å². The topological polar surface area (TPSA) is 120 Å². The molecule has 8 nitrogen and oxygen atoms in total. The molecule has 3 heterocycles.